The molecule has 6 nitrogen and oxygen atoms in total. The zero-order valence-corrected chi connectivity index (χ0v) is 12.3. The molecule has 0 saturated heterocycles. The zero-order chi connectivity index (χ0) is 15.4. The predicted molar refractivity (Wildman–Crippen MR) is 76.4 cm³/mol. The number of carbonyl (C=O) groups is 3. The quantitative estimate of drug-likeness (QED) is 0.828. The SMILES string of the molecule is O=C(COC(=O)c1ccc(Cl)c(Cl)c1)NC(=O)NC1CC1. The largest absolute Gasteiger partial charge is 0.452 e. The van der Waals surface area contributed by atoms with Gasteiger partial charge in [-0.25, -0.2) is 9.59 Å². The maximum absolute atomic E-state index is 11.7. The van der Waals surface area contributed by atoms with Gasteiger partial charge in [-0.2, -0.15) is 0 Å². The topological polar surface area (TPSA) is 84.5 Å². The van der Waals surface area contributed by atoms with E-state index in [1.165, 1.54) is 18.2 Å². The molecule has 1 aliphatic rings. The summed E-state index contributed by atoms with van der Waals surface area (Å²) in [5.41, 5.74) is 0.166. The molecule has 1 aromatic rings. The van der Waals surface area contributed by atoms with E-state index in [1.54, 1.807) is 0 Å². The van der Waals surface area contributed by atoms with Crippen LogP contribution in [0.4, 0.5) is 4.79 Å². The average Bonchev–Trinajstić information content (AvgIpc) is 3.22. The molecule has 0 aromatic heterocycles. The highest BCUT2D eigenvalue weighted by molar-refractivity contribution is 6.42. The van der Waals surface area contributed by atoms with Crippen molar-refractivity contribution in [2.45, 2.75) is 18.9 Å². The number of esters is 1. The van der Waals surface area contributed by atoms with Crippen LogP contribution in [0.15, 0.2) is 18.2 Å². The maximum atomic E-state index is 11.7. The lowest BCUT2D eigenvalue weighted by Crippen LogP contribution is -2.42. The fraction of sp³-hybridized carbons (Fsp3) is 0.308. The Balaban J connectivity index is 1.78. The highest BCUT2D eigenvalue weighted by Gasteiger charge is 2.24. The summed E-state index contributed by atoms with van der Waals surface area (Å²) < 4.78 is 4.77. The highest BCUT2D eigenvalue weighted by Crippen LogP contribution is 2.22. The van der Waals surface area contributed by atoms with Gasteiger partial charge < -0.3 is 10.1 Å². The lowest BCUT2D eigenvalue weighted by Gasteiger charge is -2.07. The summed E-state index contributed by atoms with van der Waals surface area (Å²) in [4.78, 5) is 34.4. The summed E-state index contributed by atoms with van der Waals surface area (Å²) in [7, 11) is 0. The Kier molecular flexibility index (Phi) is 5.03. The van der Waals surface area contributed by atoms with Crippen molar-refractivity contribution in [3.8, 4) is 0 Å². The van der Waals surface area contributed by atoms with Crippen LogP contribution >= 0.6 is 23.2 Å². The molecular weight excluding hydrogens is 319 g/mol. The minimum absolute atomic E-state index is 0.136. The maximum Gasteiger partial charge on any atom is 0.338 e. The molecule has 0 unspecified atom stereocenters. The molecule has 0 radical (unpaired) electrons. The molecule has 1 aliphatic carbocycles. The standard InChI is InChI=1S/C13H12Cl2N2O4/c14-9-4-1-7(5-10(9)15)12(19)21-6-11(18)17-13(20)16-8-2-3-8/h1,4-5,8H,2-3,6H2,(H2,16,17,18,20). The van der Waals surface area contributed by atoms with Crippen LogP contribution < -0.4 is 10.6 Å². The first-order valence-corrected chi connectivity index (χ1v) is 6.94. The van der Waals surface area contributed by atoms with Crippen LogP contribution in [0.2, 0.25) is 10.0 Å². The van der Waals surface area contributed by atoms with Crippen molar-refractivity contribution in [1.82, 2.24) is 10.6 Å². The van der Waals surface area contributed by atoms with E-state index in [1.807, 2.05) is 0 Å². The molecule has 21 heavy (non-hydrogen) atoms. The minimum Gasteiger partial charge on any atom is -0.452 e. The number of nitrogens with one attached hydrogen (secondary N) is 2. The van der Waals surface area contributed by atoms with E-state index in [2.05, 4.69) is 10.6 Å². The average molecular weight is 331 g/mol. The Morgan fingerprint density at radius 3 is 2.52 bits per heavy atom. The van der Waals surface area contributed by atoms with E-state index in [4.69, 9.17) is 27.9 Å². The Labute approximate surface area is 130 Å². The van der Waals surface area contributed by atoms with Crippen molar-refractivity contribution in [3.63, 3.8) is 0 Å². The van der Waals surface area contributed by atoms with Gasteiger partial charge in [-0.15, -0.1) is 0 Å². The van der Waals surface area contributed by atoms with Crippen LogP contribution in [-0.4, -0.2) is 30.6 Å². The summed E-state index contributed by atoms with van der Waals surface area (Å²) in [6, 6.07) is 3.76. The Morgan fingerprint density at radius 2 is 1.90 bits per heavy atom. The number of hydrogen-bond donors (Lipinski definition) is 2. The van der Waals surface area contributed by atoms with E-state index < -0.39 is 24.5 Å². The molecule has 0 bridgehead atoms. The zero-order valence-electron chi connectivity index (χ0n) is 10.8. The first kappa shape index (κ1) is 15.6. The number of imide groups is 1. The number of hydrogen-bond acceptors (Lipinski definition) is 4. The fourth-order valence-electron chi connectivity index (χ4n) is 1.45. The van der Waals surface area contributed by atoms with E-state index in [9.17, 15) is 14.4 Å². The van der Waals surface area contributed by atoms with Gasteiger partial charge in [0.1, 0.15) is 0 Å². The van der Waals surface area contributed by atoms with Crippen LogP contribution in [-0.2, 0) is 9.53 Å². The number of urea groups is 1. The van der Waals surface area contributed by atoms with Crippen LogP contribution in [0.25, 0.3) is 0 Å². The molecule has 2 rings (SSSR count). The van der Waals surface area contributed by atoms with Crippen LogP contribution in [0.1, 0.15) is 23.2 Å². The second-order valence-electron chi connectivity index (χ2n) is 4.50. The van der Waals surface area contributed by atoms with E-state index >= 15 is 0 Å². The molecule has 1 fully saturated rings. The molecule has 1 aromatic carbocycles. The highest BCUT2D eigenvalue weighted by atomic mass is 35.5. The molecule has 112 valence electrons. The van der Waals surface area contributed by atoms with E-state index in [0.717, 1.165) is 12.8 Å². The van der Waals surface area contributed by atoms with Crippen LogP contribution in [0, 0.1) is 0 Å². The van der Waals surface area contributed by atoms with Crippen molar-refractivity contribution in [2.24, 2.45) is 0 Å². The van der Waals surface area contributed by atoms with Crippen molar-refractivity contribution >= 4 is 41.1 Å². The Bertz CT molecular complexity index is 588. The van der Waals surface area contributed by atoms with Gasteiger partial charge in [0, 0.05) is 6.04 Å². The molecule has 2 N–H and O–H groups in total. The summed E-state index contributed by atoms with van der Waals surface area (Å²) in [6.07, 6.45) is 1.82. The molecular formula is C13H12Cl2N2O4. The molecule has 0 spiro atoms. The number of benzene rings is 1. The number of ether oxygens (including phenoxy) is 1. The summed E-state index contributed by atoms with van der Waals surface area (Å²) >= 11 is 11.5. The summed E-state index contributed by atoms with van der Waals surface area (Å²) in [5.74, 6) is -1.44. The Morgan fingerprint density at radius 1 is 1.19 bits per heavy atom. The first-order valence-electron chi connectivity index (χ1n) is 6.18. The third-order valence-corrected chi connectivity index (χ3v) is 3.39. The van der Waals surface area contributed by atoms with Gasteiger partial charge >= 0.3 is 12.0 Å². The van der Waals surface area contributed by atoms with Crippen LogP contribution in [0.3, 0.4) is 0 Å². The number of amides is 3. The molecule has 0 heterocycles. The van der Waals surface area contributed by atoms with Gasteiger partial charge in [-0.3, -0.25) is 10.1 Å². The van der Waals surface area contributed by atoms with E-state index in [-0.39, 0.29) is 16.6 Å². The lowest BCUT2D eigenvalue weighted by molar-refractivity contribution is -0.123. The summed E-state index contributed by atoms with van der Waals surface area (Å²) in [5, 5.41) is 5.16. The predicted octanol–water partition coefficient (Wildman–Crippen LogP) is 2.14. The van der Waals surface area contributed by atoms with Gasteiger partial charge in [0.25, 0.3) is 5.91 Å². The first-order chi connectivity index (χ1) is 9.95. The third-order valence-electron chi connectivity index (χ3n) is 2.66. The van der Waals surface area contributed by atoms with Crippen molar-refractivity contribution in [2.75, 3.05) is 6.61 Å². The number of carbonyl (C=O) groups excluding carboxylic acids is 3. The van der Waals surface area contributed by atoms with E-state index in [0.29, 0.717) is 5.02 Å². The molecule has 1 saturated carbocycles. The van der Waals surface area contributed by atoms with Gasteiger partial charge in [0.2, 0.25) is 0 Å². The third kappa shape index (κ3) is 4.91. The molecule has 3 amide bonds. The van der Waals surface area contributed by atoms with Gasteiger partial charge in [0.15, 0.2) is 6.61 Å². The van der Waals surface area contributed by atoms with Crippen molar-refractivity contribution in [3.05, 3.63) is 33.8 Å². The van der Waals surface area contributed by atoms with Gasteiger partial charge in [-0.1, -0.05) is 23.2 Å². The molecule has 0 atom stereocenters. The van der Waals surface area contributed by atoms with Crippen LogP contribution in [0.5, 0.6) is 0 Å². The van der Waals surface area contributed by atoms with Gasteiger partial charge in [-0.05, 0) is 31.0 Å². The second kappa shape index (κ2) is 6.78. The molecule has 0 aliphatic heterocycles. The smallest absolute Gasteiger partial charge is 0.338 e. The Hall–Kier alpha value is -1.79. The monoisotopic (exact) mass is 330 g/mol. The normalized spacial score (nSPS) is 13.4. The lowest BCUT2D eigenvalue weighted by atomic mass is 10.2. The van der Waals surface area contributed by atoms with Crippen molar-refractivity contribution < 1.29 is 19.1 Å². The summed E-state index contributed by atoms with van der Waals surface area (Å²) in [6.45, 7) is -0.558. The number of rotatable bonds is 4. The fourth-order valence-corrected chi connectivity index (χ4v) is 1.75. The van der Waals surface area contributed by atoms with Gasteiger partial charge in [0.05, 0.1) is 15.6 Å². The second-order valence-corrected chi connectivity index (χ2v) is 5.32. The molecule has 8 heteroatoms. The van der Waals surface area contributed by atoms with Crippen molar-refractivity contribution in [1.29, 1.82) is 0 Å². The number of halogens is 2. The minimum atomic E-state index is -0.730.